The third kappa shape index (κ3) is 6.80. The number of hydrogen-bond donors (Lipinski definition) is 0. The first kappa shape index (κ1) is 24.2. The molecule has 1 heterocycles. The van der Waals surface area contributed by atoms with Gasteiger partial charge in [-0.05, 0) is 47.2 Å². The second-order valence-electron chi connectivity index (χ2n) is 9.05. The molecular formula is C31H36S2. The van der Waals surface area contributed by atoms with Gasteiger partial charge in [0.2, 0.25) is 0 Å². The van der Waals surface area contributed by atoms with E-state index in [0.29, 0.717) is 0 Å². The predicted molar refractivity (Wildman–Crippen MR) is 149 cm³/mol. The molecule has 0 N–H and O–H groups in total. The first-order valence-electron chi connectivity index (χ1n) is 12.6. The van der Waals surface area contributed by atoms with Crippen LogP contribution in [0.4, 0.5) is 0 Å². The molecule has 0 aromatic heterocycles. The summed E-state index contributed by atoms with van der Waals surface area (Å²) in [5.41, 5.74) is 6.74. The zero-order chi connectivity index (χ0) is 22.9. The summed E-state index contributed by atoms with van der Waals surface area (Å²) in [6.07, 6.45) is 12.2. The van der Waals surface area contributed by atoms with Gasteiger partial charge in [0.15, 0.2) is 0 Å². The first-order chi connectivity index (χ1) is 16.2. The quantitative estimate of drug-likeness (QED) is 0.269. The molecule has 4 rings (SSSR count). The van der Waals surface area contributed by atoms with Gasteiger partial charge in [-0.2, -0.15) is 0 Å². The van der Waals surface area contributed by atoms with Gasteiger partial charge >= 0.3 is 0 Å². The average molecular weight is 473 g/mol. The van der Waals surface area contributed by atoms with Crippen molar-refractivity contribution in [1.82, 2.24) is 0 Å². The van der Waals surface area contributed by atoms with Crippen LogP contribution in [-0.4, -0.2) is 0 Å². The highest BCUT2D eigenvalue weighted by Crippen LogP contribution is 2.44. The summed E-state index contributed by atoms with van der Waals surface area (Å²) in [4.78, 5) is 3.80. The van der Waals surface area contributed by atoms with Gasteiger partial charge in [0, 0.05) is 26.0 Å². The number of unbranched alkanes of at least 4 members (excludes halogenated alkanes) is 7. The van der Waals surface area contributed by atoms with Crippen LogP contribution in [0.3, 0.4) is 0 Å². The van der Waals surface area contributed by atoms with Crippen LogP contribution in [0, 0.1) is 0 Å². The Morgan fingerprint density at radius 3 is 2.21 bits per heavy atom. The van der Waals surface area contributed by atoms with Crippen LogP contribution >= 0.6 is 23.5 Å². The Hall–Kier alpha value is -1.90. The maximum Gasteiger partial charge on any atom is 0.0243 e. The van der Waals surface area contributed by atoms with Crippen molar-refractivity contribution in [2.45, 2.75) is 80.3 Å². The molecule has 172 valence electrons. The zero-order valence-corrected chi connectivity index (χ0v) is 21.6. The molecule has 0 saturated carbocycles. The van der Waals surface area contributed by atoms with E-state index < -0.39 is 0 Å². The van der Waals surface area contributed by atoms with E-state index in [-0.39, 0.29) is 0 Å². The van der Waals surface area contributed by atoms with Crippen LogP contribution in [0.25, 0.3) is 16.0 Å². The van der Waals surface area contributed by atoms with E-state index in [9.17, 15) is 0 Å². The molecule has 0 atom stereocenters. The molecule has 0 fully saturated rings. The van der Waals surface area contributed by atoms with Crippen molar-refractivity contribution in [2.24, 2.45) is 0 Å². The molecule has 0 nitrogen and oxygen atoms in total. The lowest BCUT2D eigenvalue weighted by Crippen LogP contribution is -1.94. The second-order valence-corrected chi connectivity index (χ2v) is 11.2. The first-order valence-corrected chi connectivity index (χ1v) is 14.4. The Kier molecular flexibility index (Phi) is 9.20. The summed E-state index contributed by atoms with van der Waals surface area (Å²) in [5, 5.41) is 0. The number of hydrogen-bond acceptors (Lipinski definition) is 2. The van der Waals surface area contributed by atoms with Crippen LogP contribution in [0.2, 0.25) is 0 Å². The smallest absolute Gasteiger partial charge is 0.0243 e. The lowest BCUT2D eigenvalue weighted by atomic mass is 10.00. The van der Waals surface area contributed by atoms with Gasteiger partial charge in [0.25, 0.3) is 0 Å². The maximum absolute atomic E-state index is 4.38. The van der Waals surface area contributed by atoms with Gasteiger partial charge in [-0.1, -0.05) is 125 Å². The molecule has 0 radical (unpaired) electrons. The molecule has 3 aromatic carbocycles. The summed E-state index contributed by atoms with van der Waals surface area (Å²) in [6.45, 7) is 6.67. The Morgan fingerprint density at radius 2 is 1.42 bits per heavy atom. The molecule has 0 saturated heterocycles. The lowest BCUT2D eigenvalue weighted by Gasteiger charge is -2.19. The number of fused-ring (bicyclic) bond motifs is 2. The Balaban J connectivity index is 1.34. The van der Waals surface area contributed by atoms with Gasteiger partial charge in [-0.25, -0.2) is 0 Å². The number of benzene rings is 3. The third-order valence-corrected chi connectivity index (χ3v) is 8.67. The Labute approximate surface area is 209 Å². The van der Waals surface area contributed by atoms with Crippen molar-refractivity contribution >= 4 is 28.4 Å². The zero-order valence-electron chi connectivity index (χ0n) is 19.9. The van der Waals surface area contributed by atoms with Crippen LogP contribution in [0.5, 0.6) is 0 Å². The van der Waals surface area contributed by atoms with E-state index >= 15 is 0 Å². The second kappa shape index (κ2) is 12.5. The van der Waals surface area contributed by atoms with Crippen molar-refractivity contribution in [3.63, 3.8) is 0 Å². The fraction of sp³-hybridized carbons (Fsp3) is 0.355. The molecule has 0 amide bonds. The van der Waals surface area contributed by atoms with Crippen molar-refractivity contribution < 1.29 is 0 Å². The largest absolute Gasteiger partial charge is 0.121 e. The topological polar surface area (TPSA) is 0 Å². The summed E-state index contributed by atoms with van der Waals surface area (Å²) < 4.78 is 0. The average Bonchev–Trinajstić information content (AvgIpc) is 2.84. The summed E-state index contributed by atoms with van der Waals surface area (Å²) in [6, 6.07) is 24.8. The molecule has 3 aromatic rings. The van der Waals surface area contributed by atoms with Gasteiger partial charge in [0.05, 0.1) is 0 Å². The fourth-order valence-electron chi connectivity index (χ4n) is 4.44. The normalized spacial score (nSPS) is 13.2. The molecule has 0 spiro atoms. The fourth-order valence-corrected chi connectivity index (χ4v) is 6.69. The monoisotopic (exact) mass is 472 g/mol. The molecular weight excluding hydrogens is 436 g/mol. The summed E-state index contributed by atoms with van der Waals surface area (Å²) >= 11 is 3.73. The molecule has 0 unspecified atom stereocenters. The van der Waals surface area contributed by atoms with E-state index in [2.05, 4.69) is 80.2 Å². The van der Waals surface area contributed by atoms with Crippen molar-refractivity contribution in [1.29, 1.82) is 0 Å². The van der Waals surface area contributed by atoms with Crippen LogP contribution in [0.1, 0.15) is 75.0 Å². The van der Waals surface area contributed by atoms with E-state index in [1.165, 1.54) is 95.4 Å². The van der Waals surface area contributed by atoms with Gasteiger partial charge in [-0.15, -0.1) is 11.8 Å². The Morgan fingerprint density at radius 1 is 0.727 bits per heavy atom. The van der Waals surface area contributed by atoms with Gasteiger partial charge in [-0.3, -0.25) is 0 Å². The standard InChI is InChI=1S/C31H36S2/c1-3-4-5-6-7-8-9-10-13-25-16-18-26(19-17-25)27-20-21-29-24(2)33-30-15-12-11-14-28(30)23-32-31(29)22-27/h11-12,14-22H,2-10,13,23H2,1H3. The third-order valence-electron chi connectivity index (χ3n) is 6.48. The van der Waals surface area contributed by atoms with Crippen molar-refractivity contribution in [3.8, 4) is 11.1 Å². The van der Waals surface area contributed by atoms with E-state index in [4.69, 9.17) is 0 Å². The van der Waals surface area contributed by atoms with E-state index in [0.717, 1.165) is 10.7 Å². The van der Waals surface area contributed by atoms with Gasteiger partial charge in [0.1, 0.15) is 0 Å². The minimum Gasteiger partial charge on any atom is -0.121 e. The molecule has 0 aliphatic carbocycles. The minimum absolute atomic E-state index is 1.00. The van der Waals surface area contributed by atoms with Crippen LogP contribution in [0.15, 0.2) is 83.1 Å². The van der Waals surface area contributed by atoms with Gasteiger partial charge < -0.3 is 0 Å². The number of thioether (sulfide) groups is 2. The molecule has 1 aliphatic rings. The number of aryl methyl sites for hydroxylation is 1. The van der Waals surface area contributed by atoms with E-state index in [1.807, 2.05) is 11.8 Å². The van der Waals surface area contributed by atoms with Crippen molar-refractivity contribution in [2.75, 3.05) is 0 Å². The number of rotatable bonds is 10. The molecule has 2 heteroatoms. The summed E-state index contributed by atoms with van der Waals surface area (Å²) in [5.74, 6) is 1.00. The van der Waals surface area contributed by atoms with E-state index in [1.54, 1.807) is 11.8 Å². The minimum atomic E-state index is 1.00. The highest BCUT2D eigenvalue weighted by Gasteiger charge is 2.16. The summed E-state index contributed by atoms with van der Waals surface area (Å²) in [7, 11) is 0. The molecule has 33 heavy (non-hydrogen) atoms. The SMILES string of the molecule is C=C1Sc2ccccc2CSc2cc(-c3ccc(CCCCCCCCCC)cc3)ccc21. The van der Waals surface area contributed by atoms with Crippen LogP contribution in [-0.2, 0) is 12.2 Å². The van der Waals surface area contributed by atoms with Crippen LogP contribution < -0.4 is 0 Å². The molecule has 1 aliphatic heterocycles. The highest BCUT2D eigenvalue weighted by molar-refractivity contribution is 8.08. The molecule has 0 bridgehead atoms. The maximum atomic E-state index is 4.38. The highest BCUT2D eigenvalue weighted by atomic mass is 32.2. The predicted octanol–water partition coefficient (Wildman–Crippen LogP) is 10.4. The lowest BCUT2D eigenvalue weighted by molar-refractivity contribution is 0.575. The Bertz CT molecular complexity index is 1050. The van der Waals surface area contributed by atoms with Crippen molar-refractivity contribution in [3.05, 3.63) is 90.0 Å².